The maximum atomic E-state index is 12.5. The van der Waals surface area contributed by atoms with Crippen LogP contribution in [0.25, 0.3) is 11.1 Å². The molecule has 1 aromatic heterocycles. The average molecular weight is 397 g/mol. The van der Waals surface area contributed by atoms with Crippen LogP contribution >= 0.6 is 15.9 Å². The van der Waals surface area contributed by atoms with Gasteiger partial charge in [-0.3, -0.25) is 4.98 Å². The van der Waals surface area contributed by atoms with Gasteiger partial charge in [0.05, 0.1) is 10.4 Å². The number of hydrogen-bond donors (Lipinski definition) is 2. The predicted octanol–water partition coefficient (Wildman–Crippen LogP) is 2.92. The lowest BCUT2D eigenvalue weighted by atomic mass is 10.1. The van der Waals surface area contributed by atoms with Crippen LogP contribution in [0, 0.1) is 0 Å². The van der Waals surface area contributed by atoms with Gasteiger partial charge in [0.2, 0.25) is 10.0 Å². The second kappa shape index (κ2) is 5.95. The standard InChI is InChI=1S/C15H13BrN2O4S/c1-9(10-2-4-11(16)5-3-10)18-23(20,21)12-6-7-13-14(8-12)22-15(19)17-13/h2-9,18H,1H3,(H,17,19)/t9-/m0/s1. The molecule has 0 aliphatic carbocycles. The van der Waals surface area contributed by atoms with Crippen LogP contribution in [0.5, 0.6) is 0 Å². The van der Waals surface area contributed by atoms with E-state index in [-0.39, 0.29) is 10.5 Å². The fourth-order valence-electron chi connectivity index (χ4n) is 2.21. The molecule has 1 heterocycles. The molecule has 0 radical (unpaired) electrons. The first-order chi connectivity index (χ1) is 10.8. The van der Waals surface area contributed by atoms with Crippen molar-refractivity contribution in [1.82, 2.24) is 9.71 Å². The minimum Gasteiger partial charge on any atom is -0.408 e. The lowest BCUT2D eigenvalue weighted by molar-refractivity contribution is 0.552. The minimum atomic E-state index is -3.74. The Morgan fingerprint density at radius 1 is 1.17 bits per heavy atom. The highest BCUT2D eigenvalue weighted by Crippen LogP contribution is 2.21. The first kappa shape index (κ1) is 16.0. The molecule has 0 bridgehead atoms. The Kier molecular flexibility index (Phi) is 4.13. The third kappa shape index (κ3) is 3.39. The minimum absolute atomic E-state index is 0.0386. The quantitative estimate of drug-likeness (QED) is 0.708. The van der Waals surface area contributed by atoms with Gasteiger partial charge in [0.25, 0.3) is 0 Å². The molecule has 6 nitrogen and oxygen atoms in total. The Bertz CT molecular complexity index is 1010. The van der Waals surface area contributed by atoms with E-state index in [1.165, 1.54) is 18.2 Å². The van der Waals surface area contributed by atoms with Crippen molar-refractivity contribution in [3.05, 3.63) is 63.1 Å². The van der Waals surface area contributed by atoms with Crippen molar-refractivity contribution in [2.24, 2.45) is 0 Å². The number of H-pyrrole nitrogens is 1. The number of nitrogens with one attached hydrogen (secondary N) is 2. The van der Waals surface area contributed by atoms with Crippen molar-refractivity contribution < 1.29 is 12.8 Å². The molecule has 0 aliphatic rings. The Labute approximate surface area is 140 Å². The summed E-state index contributed by atoms with van der Waals surface area (Å²) in [6.45, 7) is 1.76. The van der Waals surface area contributed by atoms with E-state index in [2.05, 4.69) is 25.6 Å². The molecule has 0 saturated carbocycles. The number of fused-ring (bicyclic) bond motifs is 1. The lowest BCUT2D eigenvalue weighted by Crippen LogP contribution is -2.26. The van der Waals surface area contributed by atoms with Gasteiger partial charge in [-0.05, 0) is 36.8 Å². The highest BCUT2D eigenvalue weighted by molar-refractivity contribution is 9.10. The third-order valence-electron chi connectivity index (χ3n) is 3.40. The molecule has 3 aromatic rings. The maximum absolute atomic E-state index is 12.5. The van der Waals surface area contributed by atoms with E-state index >= 15 is 0 Å². The molecule has 0 spiro atoms. The molecule has 23 heavy (non-hydrogen) atoms. The molecular weight excluding hydrogens is 384 g/mol. The summed E-state index contributed by atoms with van der Waals surface area (Å²) >= 11 is 3.34. The van der Waals surface area contributed by atoms with Crippen molar-refractivity contribution in [2.45, 2.75) is 17.9 Å². The molecule has 2 N–H and O–H groups in total. The summed E-state index contributed by atoms with van der Waals surface area (Å²) in [5, 5.41) is 0. The zero-order valence-corrected chi connectivity index (χ0v) is 14.4. The zero-order valence-electron chi connectivity index (χ0n) is 12.0. The summed E-state index contributed by atoms with van der Waals surface area (Å²) in [5.41, 5.74) is 1.50. The highest BCUT2D eigenvalue weighted by atomic mass is 79.9. The molecule has 0 amide bonds. The van der Waals surface area contributed by atoms with Gasteiger partial charge in [0.1, 0.15) is 0 Å². The van der Waals surface area contributed by atoms with Crippen molar-refractivity contribution in [3.63, 3.8) is 0 Å². The number of halogens is 1. The molecule has 0 unspecified atom stereocenters. The van der Waals surface area contributed by atoms with Crippen LogP contribution < -0.4 is 10.5 Å². The Morgan fingerprint density at radius 3 is 2.57 bits per heavy atom. The summed E-state index contributed by atoms with van der Waals surface area (Å²) in [6.07, 6.45) is 0. The maximum Gasteiger partial charge on any atom is 0.417 e. The summed E-state index contributed by atoms with van der Waals surface area (Å²) in [6, 6.07) is 11.2. The molecule has 120 valence electrons. The van der Waals surface area contributed by atoms with Gasteiger partial charge < -0.3 is 4.42 Å². The predicted molar refractivity (Wildman–Crippen MR) is 89.7 cm³/mol. The van der Waals surface area contributed by atoms with Gasteiger partial charge >= 0.3 is 5.76 Å². The van der Waals surface area contributed by atoms with Crippen LogP contribution in [0.4, 0.5) is 0 Å². The molecule has 8 heteroatoms. The van der Waals surface area contributed by atoms with Crippen LogP contribution in [0.3, 0.4) is 0 Å². The number of hydrogen-bond acceptors (Lipinski definition) is 4. The van der Waals surface area contributed by atoms with Crippen LogP contribution in [0.2, 0.25) is 0 Å². The Balaban J connectivity index is 1.90. The second-order valence-electron chi connectivity index (χ2n) is 5.07. The molecule has 0 aliphatic heterocycles. The van der Waals surface area contributed by atoms with E-state index in [0.717, 1.165) is 10.0 Å². The SMILES string of the molecule is C[C@H](NS(=O)(=O)c1ccc2[nH]c(=O)oc2c1)c1ccc(Br)cc1. The van der Waals surface area contributed by atoms with Gasteiger partial charge in [-0.2, -0.15) is 0 Å². The Morgan fingerprint density at radius 2 is 1.87 bits per heavy atom. The van der Waals surface area contributed by atoms with Gasteiger partial charge in [-0.15, -0.1) is 0 Å². The third-order valence-corrected chi connectivity index (χ3v) is 5.47. The van der Waals surface area contributed by atoms with Gasteiger partial charge in [0.15, 0.2) is 5.58 Å². The van der Waals surface area contributed by atoms with Gasteiger partial charge in [-0.25, -0.2) is 17.9 Å². The molecule has 0 fully saturated rings. The number of sulfonamides is 1. The summed E-state index contributed by atoms with van der Waals surface area (Å²) in [4.78, 5) is 13.7. The van der Waals surface area contributed by atoms with E-state index in [1.54, 1.807) is 6.92 Å². The highest BCUT2D eigenvalue weighted by Gasteiger charge is 2.19. The fourth-order valence-corrected chi connectivity index (χ4v) is 3.72. The van der Waals surface area contributed by atoms with E-state index in [9.17, 15) is 13.2 Å². The van der Waals surface area contributed by atoms with Crippen molar-refractivity contribution >= 4 is 37.1 Å². The average Bonchev–Trinajstić information content (AvgIpc) is 2.86. The normalized spacial score (nSPS) is 13.3. The van der Waals surface area contributed by atoms with E-state index in [1.807, 2.05) is 24.3 Å². The monoisotopic (exact) mass is 396 g/mol. The van der Waals surface area contributed by atoms with Crippen LogP contribution in [-0.4, -0.2) is 13.4 Å². The number of oxazole rings is 1. The Hall–Kier alpha value is -1.90. The largest absolute Gasteiger partial charge is 0.417 e. The van der Waals surface area contributed by atoms with Crippen LogP contribution in [-0.2, 0) is 10.0 Å². The molecular formula is C15H13BrN2O4S. The smallest absolute Gasteiger partial charge is 0.408 e. The van der Waals surface area contributed by atoms with Gasteiger partial charge in [0, 0.05) is 16.6 Å². The van der Waals surface area contributed by atoms with Crippen LogP contribution in [0.15, 0.2) is 61.0 Å². The topological polar surface area (TPSA) is 92.2 Å². The number of aromatic nitrogens is 1. The summed E-state index contributed by atoms with van der Waals surface area (Å²) in [5.74, 6) is -0.620. The summed E-state index contributed by atoms with van der Waals surface area (Å²) in [7, 11) is -3.74. The lowest BCUT2D eigenvalue weighted by Gasteiger charge is -2.14. The van der Waals surface area contributed by atoms with Crippen molar-refractivity contribution in [3.8, 4) is 0 Å². The van der Waals surface area contributed by atoms with Gasteiger partial charge in [-0.1, -0.05) is 28.1 Å². The first-order valence-electron chi connectivity index (χ1n) is 6.76. The fraction of sp³-hybridized carbons (Fsp3) is 0.133. The van der Waals surface area contributed by atoms with Crippen molar-refractivity contribution in [1.29, 1.82) is 0 Å². The van der Waals surface area contributed by atoms with E-state index in [4.69, 9.17) is 4.42 Å². The molecule has 1 atom stereocenters. The zero-order chi connectivity index (χ0) is 16.6. The second-order valence-corrected chi connectivity index (χ2v) is 7.70. The number of rotatable bonds is 4. The number of benzene rings is 2. The molecule has 0 saturated heterocycles. The van der Waals surface area contributed by atoms with E-state index in [0.29, 0.717) is 5.52 Å². The van der Waals surface area contributed by atoms with Crippen molar-refractivity contribution in [2.75, 3.05) is 0 Å². The first-order valence-corrected chi connectivity index (χ1v) is 9.03. The molecule has 3 rings (SSSR count). The number of aromatic amines is 1. The van der Waals surface area contributed by atoms with E-state index < -0.39 is 21.8 Å². The molecule has 2 aromatic carbocycles. The summed E-state index contributed by atoms with van der Waals surface area (Å²) < 4.78 is 33.4. The van der Waals surface area contributed by atoms with Crippen LogP contribution in [0.1, 0.15) is 18.5 Å².